The molecule has 1 fully saturated rings. The molecule has 0 unspecified atom stereocenters. The highest BCUT2D eigenvalue weighted by Crippen LogP contribution is 2.34. The largest absolute Gasteiger partial charge is 0.464 e. The van der Waals surface area contributed by atoms with Crippen LogP contribution in [0.4, 0.5) is 0 Å². The van der Waals surface area contributed by atoms with Crippen LogP contribution in [0.15, 0.2) is 36.4 Å². The zero-order valence-corrected chi connectivity index (χ0v) is 16.9. The minimum atomic E-state index is -0.504. The third-order valence-electron chi connectivity index (χ3n) is 4.07. The standard InChI is InChI=1S/C21H29NO3S/c1-15(2)12-20-22(18(14-26-20)21(24)25-13-16(3)4)19(23)11-10-17-8-6-5-7-9-17/h5-11,15-16,18,20H,12-14H2,1-4H3/b11-10+/t18-,20-/m1/s1. The predicted octanol–water partition coefficient (Wildman–Crippen LogP) is 4.22. The Morgan fingerprint density at radius 2 is 1.88 bits per heavy atom. The molecule has 4 nitrogen and oxygen atoms in total. The summed E-state index contributed by atoms with van der Waals surface area (Å²) in [6.45, 7) is 8.66. The first-order valence-corrected chi connectivity index (χ1v) is 10.3. The molecule has 1 heterocycles. The van der Waals surface area contributed by atoms with E-state index in [9.17, 15) is 9.59 Å². The molecule has 0 bridgehead atoms. The monoisotopic (exact) mass is 375 g/mol. The van der Waals surface area contributed by atoms with Crippen molar-refractivity contribution in [2.24, 2.45) is 11.8 Å². The zero-order chi connectivity index (χ0) is 19.1. The maximum Gasteiger partial charge on any atom is 0.329 e. The van der Waals surface area contributed by atoms with Crippen LogP contribution in [0.2, 0.25) is 0 Å². The quantitative estimate of drug-likeness (QED) is 0.529. The fourth-order valence-electron chi connectivity index (χ4n) is 2.79. The van der Waals surface area contributed by atoms with Crippen molar-refractivity contribution in [3.8, 4) is 0 Å². The fourth-order valence-corrected chi connectivity index (χ4v) is 4.42. The van der Waals surface area contributed by atoms with Crippen molar-refractivity contribution >= 4 is 29.7 Å². The van der Waals surface area contributed by atoms with Gasteiger partial charge in [0.25, 0.3) is 0 Å². The summed E-state index contributed by atoms with van der Waals surface area (Å²) in [5.41, 5.74) is 0.965. The fraction of sp³-hybridized carbons (Fsp3) is 0.524. The van der Waals surface area contributed by atoms with Crippen molar-refractivity contribution in [3.05, 3.63) is 42.0 Å². The molecular weight excluding hydrogens is 346 g/mol. The van der Waals surface area contributed by atoms with E-state index in [-0.39, 0.29) is 23.2 Å². The number of carbonyl (C=O) groups excluding carboxylic acids is 2. The summed E-state index contributed by atoms with van der Waals surface area (Å²) in [6, 6.07) is 9.20. The first-order chi connectivity index (χ1) is 12.4. The van der Waals surface area contributed by atoms with Crippen LogP contribution in [-0.2, 0) is 14.3 Å². The van der Waals surface area contributed by atoms with Crippen LogP contribution in [0.1, 0.15) is 39.7 Å². The number of benzene rings is 1. The molecule has 1 amide bonds. The van der Waals surface area contributed by atoms with Crippen LogP contribution in [0, 0.1) is 11.8 Å². The Bertz CT molecular complexity index is 627. The maximum atomic E-state index is 12.9. The molecular formula is C21H29NO3S. The summed E-state index contributed by atoms with van der Waals surface area (Å²) < 4.78 is 5.41. The van der Waals surface area contributed by atoms with Gasteiger partial charge in [-0.15, -0.1) is 11.8 Å². The van der Waals surface area contributed by atoms with Crippen LogP contribution in [0.3, 0.4) is 0 Å². The molecule has 0 aliphatic carbocycles. The Morgan fingerprint density at radius 1 is 1.19 bits per heavy atom. The first kappa shape index (κ1) is 20.6. The Balaban J connectivity index is 2.13. The number of ether oxygens (including phenoxy) is 1. The topological polar surface area (TPSA) is 46.6 Å². The van der Waals surface area contributed by atoms with E-state index in [1.165, 1.54) is 0 Å². The Morgan fingerprint density at radius 3 is 2.50 bits per heavy atom. The molecule has 1 aromatic carbocycles. The third-order valence-corrected chi connectivity index (χ3v) is 5.38. The molecule has 1 aromatic rings. The highest BCUT2D eigenvalue weighted by molar-refractivity contribution is 8.00. The average molecular weight is 376 g/mol. The van der Waals surface area contributed by atoms with E-state index in [1.807, 2.05) is 44.2 Å². The summed E-state index contributed by atoms with van der Waals surface area (Å²) in [7, 11) is 0. The number of hydrogen-bond donors (Lipinski definition) is 0. The number of nitrogens with zero attached hydrogens (tertiary/aromatic N) is 1. The number of hydrogen-bond acceptors (Lipinski definition) is 4. The Hall–Kier alpha value is -1.75. The molecule has 0 aromatic heterocycles. The predicted molar refractivity (Wildman–Crippen MR) is 108 cm³/mol. The molecule has 1 aliphatic heterocycles. The second-order valence-electron chi connectivity index (χ2n) is 7.45. The molecule has 0 radical (unpaired) electrons. The third kappa shape index (κ3) is 5.90. The molecule has 0 saturated carbocycles. The summed E-state index contributed by atoms with van der Waals surface area (Å²) in [4.78, 5) is 27.1. The van der Waals surface area contributed by atoms with E-state index < -0.39 is 6.04 Å². The molecule has 5 heteroatoms. The lowest BCUT2D eigenvalue weighted by atomic mass is 10.1. The summed E-state index contributed by atoms with van der Waals surface area (Å²) in [5, 5.41) is 0.0134. The summed E-state index contributed by atoms with van der Waals surface area (Å²) >= 11 is 1.67. The lowest BCUT2D eigenvalue weighted by Crippen LogP contribution is -2.46. The molecule has 2 rings (SSSR count). The van der Waals surface area contributed by atoms with Gasteiger partial charge in [-0.2, -0.15) is 0 Å². The van der Waals surface area contributed by atoms with Crippen molar-refractivity contribution in [1.29, 1.82) is 0 Å². The van der Waals surface area contributed by atoms with Gasteiger partial charge in [0.05, 0.1) is 12.0 Å². The SMILES string of the molecule is CC(C)COC(=O)[C@H]1CS[C@H](CC(C)C)N1C(=O)/C=C/c1ccccc1. The molecule has 142 valence electrons. The van der Waals surface area contributed by atoms with Crippen LogP contribution in [-0.4, -0.2) is 40.6 Å². The maximum absolute atomic E-state index is 12.9. The Kier molecular flexibility index (Phi) is 7.76. The molecule has 2 atom stereocenters. The number of carbonyl (C=O) groups is 2. The molecule has 1 aliphatic rings. The number of thioether (sulfide) groups is 1. The van der Waals surface area contributed by atoms with E-state index in [2.05, 4.69) is 13.8 Å². The van der Waals surface area contributed by atoms with Crippen LogP contribution >= 0.6 is 11.8 Å². The number of amides is 1. The van der Waals surface area contributed by atoms with E-state index in [0.717, 1.165) is 12.0 Å². The zero-order valence-electron chi connectivity index (χ0n) is 16.1. The van der Waals surface area contributed by atoms with E-state index >= 15 is 0 Å². The second kappa shape index (κ2) is 9.81. The van der Waals surface area contributed by atoms with Gasteiger partial charge in [0.15, 0.2) is 0 Å². The van der Waals surface area contributed by atoms with Gasteiger partial charge in [-0.3, -0.25) is 4.79 Å². The van der Waals surface area contributed by atoms with Crippen molar-refractivity contribution < 1.29 is 14.3 Å². The lowest BCUT2D eigenvalue weighted by molar-refractivity contribution is -0.153. The van der Waals surface area contributed by atoms with E-state index in [4.69, 9.17) is 4.74 Å². The van der Waals surface area contributed by atoms with Gasteiger partial charge in [-0.1, -0.05) is 58.0 Å². The Labute approximate surface area is 161 Å². The average Bonchev–Trinajstić information content (AvgIpc) is 3.01. The lowest BCUT2D eigenvalue weighted by Gasteiger charge is -2.28. The van der Waals surface area contributed by atoms with Gasteiger partial charge in [0.1, 0.15) is 6.04 Å². The van der Waals surface area contributed by atoms with Gasteiger partial charge in [-0.05, 0) is 29.9 Å². The highest BCUT2D eigenvalue weighted by atomic mass is 32.2. The molecule has 0 spiro atoms. The van der Waals surface area contributed by atoms with Gasteiger partial charge >= 0.3 is 5.97 Å². The minimum absolute atomic E-state index is 0.0134. The van der Waals surface area contributed by atoms with Crippen molar-refractivity contribution in [2.45, 2.75) is 45.5 Å². The van der Waals surface area contributed by atoms with Crippen molar-refractivity contribution in [2.75, 3.05) is 12.4 Å². The van der Waals surface area contributed by atoms with E-state index in [0.29, 0.717) is 18.3 Å². The van der Waals surface area contributed by atoms with Crippen LogP contribution in [0.5, 0.6) is 0 Å². The first-order valence-electron chi connectivity index (χ1n) is 9.22. The smallest absolute Gasteiger partial charge is 0.329 e. The number of rotatable bonds is 7. The van der Waals surface area contributed by atoms with Gasteiger partial charge < -0.3 is 9.64 Å². The minimum Gasteiger partial charge on any atom is -0.464 e. The van der Waals surface area contributed by atoms with Gasteiger partial charge in [0, 0.05) is 11.8 Å². The highest BCUT2D eigenvalue weighted by Gasteiger charge is 2.41. The van der Waals surface area contributed by atoms with Gasteiger partial charge in [-0.25, -0.2) is 4.79 Å². The molecule has 0 N–H and O–H groups in total. The second-order valence-corrected chi connectivity index (χ2v) is 8.66. The molecule has 26 heavy (non-hydrogen) atoms. The van der Waals surface area contributed by atoms with Crippen LogP contribution < -0.4 is 0 Å². The van der Waals surface area contributed by atoms with E-state index in [1.54, 1.807) is 28.8 Å². The van der Waals surface area contributed by atoms with Gasteiger partial charge in [0.2, 0.25) is 5.91 Å². The number of esters is 1. The van der Waals surface area contributed by atoms with Crippen molar-refractivity contribution in [3.63, 3.8) is 0 Å². The molecule has 1 saturated heterocycles. The summed E-state index contributed by atoms with van der Waals surface area (Å²) in [6.07, 6.45) is 4.23. The van der Waals surface area contributed by atoms with Crippen LogP contribution in [0.25, 0.3) is 6.08 Å². The van der Waals surface area contributed by atoms with Crippen molar-refractivity contribution in [1.82, 2.24) is 4.90 Å². The normalized spacial score (nSPS) is 20.3. The summed E-state index contributed by atoms with van der Waals surface area (Å²) in [5.74, 6) is 0.905.